The number of methoxy groups -OCH3 is 3. The zero-order chi connectivity index (χ0) is 20.2. The second-order valence-electron chi connectivity index (χ2n) is 6.28. The molecule has 0 spiro atoms. The Morgan fingerprint density at radius 1 is 0.966 bits per heavy atom. The Balaban J connectivity index is 1.72. The molecule has 0 fully saturated rings. The quantitative estimate of drug-likeness (QED) is 0.579. The highest BCUT2D eigenvalue weighted by atomic mass is 32.1. The van der Waals surface area contributed by atoms with Crippen LogP contribution in [0.1, 0.15) is 10.9 Å². The molecule has 0 radical (unpaired) electrons. The standard InChI is InChI=1S/C22H21N3O3S/c1-26-18-11-16(12-19(27-2)21(18)28-3)25-14-23-10-9-17(25)20-13-24-22(29-20)15-7-5-4-6-8-15/h4-14,17H,1-3H3. The lowest BCUT2D eigenvalue weighted by molar-refractivity contribution is 0.324. The average Bonchev–Trinajstić information content (AvgIpc) is 3.29. The minimum Gasteiger partial charge on any atom is -0.493 e. The summed E-state index contributed by atoms with van der Waals surface area (Å²) >= 11 is 1.67. The number of hydrogen-bond acceptors (Lipinski definition) is 7. The van der Waals surface area contributed by atoms with E-state index in [4.69, 9.17) is 14.2 Å². The molecule has 1 atom stereocenters. The van der Waals surface area contributed by atoms with Gasteiger partial charge in [0.1, 0.15) is 5.01 Å². The van der Waals surface area contributed by atoms with Gasteiger partial charge in [0.25, 0.3) is 0 Å². The predicted octanol–water partition coefficient (Wildman–Crippen LogP) is 4.94. The summed E-state index contributed by atoms with van der Waals surface area (Å²) in [6.45, 7) is 0. The minimum atomic E-state index is -0.0368. The SMILES string of the molecule is COc1cc(N2C=NC=CC2c2cnc(-c3ccccc3)s2)cc(OC)c1OC. The summed E-state index contributed by atoms with van der Waals surface area (Å²) in [7, 11) is 4.81. The molecule has 1 aliphatic heterocycles. The van der Waals surface area contributed by atoms with Gasteiger partial charge in [-0.2, -0.15) is 0 Å². The van der Waals surface area contributed by atoms with E-state index in [-0.39, 0.29) is 6.04 Å². The van der Waals surface area contributed by atoms with Crippen LogP contribution >= 0.6 is 11.3 Å². The number of nitrogens with zero attached hydrogens (tertiary/aromatic N) is 3. The Hall–Kier alpha value is -3.32. The molecule has 4 rings (SSSR count). The van der Waals surface area contributed by atoms with Crippen molar-refractivity contribution in [2.75, 3.05) is 26.2 Å². The Labute approximate surface area is 173 Å². The summed E-state index contributed by atoms with van der Waals surface area (Å²) in [5.41, 5.74) is 1.99. The fraction of sp³-hybridized carbons (Fsp3) is 0.182. The van der Waals surface area contributed by atoms with Crippen molar-refractivity contribution in [3.63, 3.8) is 0 Å². The first kappa shape index (κ1) is 19.0. The smallest absolute Gasteiger partial charge is 0.203 e. The molecule has 1 unspecified atom stereocenters. The van der Waals surface area contributed by atoms with Crippen molar-refractivity contribution >= 4 is 23.4 Å². The van der Waals surface area contributed by atoms with Crippen LogP contribution in [0.4, 0.5) is 5.69 Å². The van der Waals surface area contributed by atoms with Crippen LogP contribution in [0, 0.1) is 0 Å². The largest absolute Gasteiger partial charge is 0.493 e. The van der Waals surface area contributed by atoms with E-state index >= 15 is 0 Å². The van der Waals surface area contributed by atoms with Crippen LogP contribution in [-0.4, -0.2) is 32.7 Å². The Morgan fingerprint density at radius 2 is 1.69 bits per heavy atom. The lowest BCUT2D eigenvalue weighted by Crippen LogP contribution is -2.27. The van der Waals surface area contributed by atoms with E-state index in [9.17, 15) is 0 Å². The van der Waals surface area contributed by atoms with Crippen molar-refractivity contribution in [1.29, 1.82) is 0 Å². The molecule has 2 aromatic carbocycles. The van der Waals surface area contributed by atoms with E-state index in [1.54, 1.807) is 45.2 Å². The van der Waals surface area contributed by atoms with E-state index in [1.807, 2.05) is 42.6 Å². The van der Waals surface area contributed by atoms with Gasteiger partial charge in [-0.15, -0.1) is 11.3 Å². The van der Waals surface area contributed by atoms with Crippen LogP contribution in [0.3, 0.4) is 0 Å². The fourth-order valence-electron chi connectivity index (χ4n) is 3.22. The van der Waals surface area contributed by atoms with Crippen LogP contribution in [-0.2, 0) is 0 Å². The predicted molar refractivity (Wildman–Crippen MR) is 117 cm³/mol. The van der Waals surface area contributed by atoms with E-state index in [0.717, 1.165) is 21.1 Å². The van der Waals surface area contributed by atoms with Crippen molar-refractivity contribution in [2.24, 2.45) is 4.99 Å². The molecule has 0 bridgehead atoms. The first-order valence-electron chi connectivity index (χ1n) is 9.04. The lowest BCUT2D eigenvalue weighted by Gasteiger charge is -2.29. The van der Waals surface area contributed by atoms with Gasteiger partial charge in [0, 0.05) is 30.1 Å². The first-order valence-corrected chi connectivity index (χ1v) is 9.86. The summed E-state index contributed by atoms with van der Waals surface area (Å²) in [4.78, 5) is 12.1. The molecule has 148 valence electrons. The van der Waals surface area contributed by atoms with E-state index in [2.05, 4.69) is 27.0 Å². The van der Waals surface area contributed by atoms with E-state index < -0.39 is 0 Å². The van der Waals surface area contributed by atoms with Gasteiger partial charge in [0.15, 0.2) is 11.5 Å². The number of aliphatic imine (C=N–C) groups is 1. The molecule has 2 heterocycles. The average molecular weight is 407 g/mol. The third-order valence-electron chi connectivity index (χ3n) is 4.63. The minimum absolute atomic E-state index is 0.0368. The van der Waals surface area contributed by atoms with Gasteiger partial charge >= 0.3 is 0 Å². The van der Waals surface area contributed by atoms with E-state index in [1.165, 1.54) is 0 Å². The summed E-state index contributed by atoms with van der Waals surface area (Å²) < 4.78 is 16.5. The van der Waals surface area contributed by atoms with Gasteiger partial charge in [0.05, 0.1) is 44.3 Å². The van der Waals surface area contributed by atoms with Crippen molar-refractivity contribution in [2.45, 2.75) is 6.04 Å². The van der Waals surface area contributed by atoms with Gasteiger partial charge < -0.3 is 19.1 Å². The van der Waals surface area contributed by atoms with Crippen molar-refractivity contribution in [1.82, 2.24) is 4.98 Å². The summed E-state index contributed by atoms with van der Waals surface area (Å²) in [6, 6.07) is 14.0. The zero-order valence-electron chi connectivity index (χ0n) is 16.4. The van der Waals surface area contributed by atoms with Crippen LogP contribution in [0.15, 0.2) is 65.9 Å². The van der Waals surface area contributed by atoms with Gasteiger partial charge in [-0.25, -0.2) is 9.98 Å². The van der Waals surface area contributed by atoms with E-state index in [0.29, 0.717) is 17.2 Å². The lowest BCUT2D eigenvalue weighted by atomic mass is 10.1. The normalized spacial score (nSPS) is 15.4. The van der Waals surface area contributed by atoms with Crippen LogP contribution < -0.4 is 19.1 Å². The number of hydrogen-bond donors (Lipinski definition) is 0. The molecule has 0 N–H and O–H groups in total. The van der Waals surface area contributed by atoms with Crippen LogP contribution in [0.25, 0.3) is 10.6 Å². The molecule has 1 aromatic heterocycles. The molecule has 6 nitrogen and oxygen atoms in total. The highest BCUT2D eigenvalue weighted by molar-refractivity contribution is 7.15. The molecule has 0 saturated carbocycles. The molecule has 7 heteroatoms. The molecule has 29 heavy (non-hydrogen) atoms. The fourth-order valence-corrected chi connectivity index (χ4v) is 4.22. The number of rotatable bonds is 6. The maximum absolute atomic E-state index is 5.51. The third kappa shape index (κ3) is 3.69. The monoisotopic (exact) mass is 407 g/mol. The number of aromatic nitrogens is 1. The van der Waals surface area contributed by atoms with Gasteiger partial charge in [-0.05, 0) is 6.08 Å². The maximum atomic E-state index is 5.51. The summed E-state index contributed by atoms with van der Waals surface area (Å²) in [5.74, 6) is 1.75. The second-order valence-corrected chi connectivity index (χ2v) is 7.34. The Kier molecular flexibility index (Phi) is 5.48. The molecular weight excluding hydrogens is 386 g/mol. The summed E-state index contributed by atoms with van der Waals surface area (Å²) in [5, 5.41) is 0.987. The zero-order valence-corrected chi connectivity index (χ0v) is 17.2. The molecular formula is C22H21N3O3S. The Morgan fingerprint density at radius 3 is 2.34 bits per heavy atom. The Bertz CT molecular complexity index is 1020. The maximum Gasteiger partial charge on any atom is 0.203 e. The number of ether oxygens (including phenoxy) is 3. The highest BCUT2D eigenvalue weighted by Crippen LogP contribution is 2.43. The van der Waals surface area contributed by atoms with Crippen LogP contribution in [0.5, 0.6) is 17.2 Å². The molecule has 3 aromatic rings. The second kappa shape index (κ2) is 8.36. The number of anilines is 1. The molecule has 0 saturated heterocycles. The molecule has 0 aliphatic carbocycles. The van der Waals surface area contributed by atoms with Gasteiger partial charge in [0.2, 0.25) is 5.75 Å². The van der Waals surface area contributed by atoms with Crippen molar-refractivity contribution in [3.05, 3.63) is 65.8 Å². The van der Waals surface area contributed by atoms with Crippen LogP contribution in [0.2, 0.25) is 0 Å². The third-order valence-corrected chi connectivity index (χ3v) is 5.75. The molecule has 0 amide bonds. The topological polar surface area (TPSA) is 56.2 Å². The molecule has 1 aliphatic rings. The van der Waals surface area contributed by atoms with Gasteiger partial charge in [-0.1, -0.05) is 30.3 Å². The number of benzene rings is 2. The number of thiazole rings is 1. The van der Waals surface area contributed by atoms with Crippen molar-refractivity contribution in [3.8, 4) is 27.8 Å². The van der Waals surface area contributed by atoms with Crippen molar-refractivity contribution < 1.29 is 14.2 Å². The van der Waals surface area contributed by atoms with Gasteiger partial charge in [-0.3, -0.25) is 0 Å². The first-order chi connectivity index (χ1) is 14.2. The highest BCUT2D eigenvalue weighted by Gasteiger charge is 2.24. The summed E-state index contributed by atoms with van der Waals surface area (Å²) in [6.07, 6.45) is 7.58.